The van der Waals surface area contributed by atoms with Crippen molar-refractivity contribution in [1.29, 1.82) is 0 Å². The highest BCUT2D eigenvalue weighted by molar-refractivity contribution is 9.09. The van der Waals surface area contributed by atoms with E-state index in [0.29, 0.717) is 0 Å². The quantitative estimate of drug-likeness (QED) is 0.373. The van der Waals surface area contributed by atoms with Gasteiger partial charge in [0, 0.05) is 6.42 Å². The highest BCUT2D eigenvalue weighted by atomic mass is 79.9. The van der Waals surface area contributed by atoms with Gasteiger partial charge in [-0.05, 0) is 6.42 Å². The van der Waals surface area contributed by atoms with Crippen molar-refractivity contribution in [2.24, 2.45) is 0 Å². The maximum Gasteiger partial charge on any atom is 0.0645 e. The van der Waals surface area contributed by atoms with Gasteiger partial charge in [0.15, 0.2) is 0 Å². The predicted octanol–water partition coefficient (Wildman–Crippen LogP) is 3.36. The Kier molecular flexibility index (Phi) is 9.08. The van der Waals surface area contributed by atoms with Crippen LogP contribution in [0, 0.1) is 11.8 Å². The lowest BCUT2D eigenvalue weighted by molar-refractivity contribution is 0.679. The Bertz CT molecular complexity index is 108. The van der Waals surface area contributed by atoms with Crippen LogP contribution < -0.4 is 0 Å². The van der Waals surface area contributed by atoms with E-state index in [-0.39, 0.29) is 0 Å². The first kappa shape index (κ1) is 10.0. The van der Waals surface area contributed by atoms with Crippen molar-refractivity contribution < 1.29 is 0 Å². The molecule has 0 fully saturated rings. The number of hydrogen-bond donors (Lipinski definition) is 0. The smallest absolute Gasteiger partial charge is 0.0645 e. The van der Waals surface area contributed by atoms with E-state index in [0.717, 1.165) is 11.8 Å². The molecule has 0 spiro atoms. The number of rotatable bonds is 4. The van der Waals surface area contributed by atoms with Crippen molar-refractivity contribution in [3.05, 3.63) is 0 Å². The fraction of sp³-hybridized carbons (Fsp3) is 0.778. The van der Waals surface area contributed by atoms with Crippen LogP contribution in [0.25, 0.3) is 0 Å². The lowest BCUT2D eigenvalue weighted by atomic mass is 10.2. The summed E-state index contributed by atoms with van der Waals surface area (Å²) in [5, 5.41) is 0.820. The molecule has 0 N–H and O–H groups in total. The van der Waals surface area contributed by atoms with Gasteiger partial charge in [0.25, 0.3) is 0 Å². The second kappa shape index (κ2) is 9.04. The molecule has 58 valence electrons. The molecular weight excluding hydrogens is 188 g/mol. The molecule has 0 saturated heterocycles. The largest absolute Gasteiger partial charge is 0.102 e. The number of hydrogen-bond acceptors (Lipinski definition) is 0. The van der Waals surface area contributed by atoms with E-state index in [4.69, 9.17) is 0 Å². The lowest BCUT2D eigenvalue weighted by Gasteiger charge is -1.91. The number of halogens is 1. The molecule has 0 nitrogen and oxygen atoms in total. The van der Waals surface area contributed by atoms with Gasteiger partial charge in [-0.2, -0.15) is 0 Å². The summed E-state index contributed by atoms with van der Waals surface area (Å²) < 4.78 is 0. The molecule has 0 aliphatic carbocycles. The second-order valence-corrected chi connectivity index (χ2v) is 2.86. The molecular formula is C9H15Br. The van der Waals surface area contributed by atoms with Crippen LogP contribution in [0.5, 0.6) is 0 Å². The molecule has 0 saturated carbocycles. The summed E-state index contributed by atoms with van der Waals surface area (Å²) in [7, 11) is 0. The fourth-order valence-corrected chi connectivity index (χ4v) is 0.974. The molecule has 0 heterocycles. The summed E-state index contributed by atoms with van der Waals surface area (Å²) >= 11 is 3.26. The van der Waals surface area contributed by atoms with E-state index in [9.17, 15) is 0 Å². The summed E-state index contributed by atoms with van der Waals surface area (Å²) in [6.45, 7) is 2.23. The van der Waals surface area contributed by atoms with Crippen molar-refractivity contribution in [2.45, 2.75) is 39.0 Å². The molecule has 0 rings (SSSR count). The van der Waals surface area contributed by atoms with Crippen molar-refractivity contribution in [2.75, 3.05) is 5.33 Å². The number of unbranched alkanes of at least 4 members (excludes halogenated alkanes) is 4. The van der Waals surface area contributed by atoms with Crippen molar-refractivity contribution in [1.82, 2.24) is 0 Å². The molecule has 0 atom stereocenters. The highest BCUT2D eigenvalue weighted by Crippen LogP contribution is 2.00. The Hall–Kier alpha value is 0.0400. The van der Waals surface area contributed by atoms with Crippen LogP contribution >= 0.6 is 15.9 Å². The average molecular weight is 203 g/mol. The van der Waals surface area contributed by atoms with Gasteiger partial charge in [-0.25, -0.2) is 0 Å². The standard InChI is InChI=1S/C9H15Br/c1-2-3-4-5-6-7-8-9-10/h2-6,9H2,1H3. The zero-order valence-corrected chi connectivity index (χ0v) is 8.21. The molecule has 0 bridgehead atoms. The van der Waals surface area contributed by atoms with Gasteiger partial charge in [-0.15, -0.1) is 5.92 Å². The highest BCUT2D eigenvalue weighted by Gasteiger charge is 1.82. The maximum absolute atomic E-state index is 3.26. The zero-order valence-electron chi connectivity index (χ0n) is 6.62. The Balaban J connectivity index is 2.90. The Morgan fingerprint density at radius 2 is 1.90 bits per heavy atom. The van der Waals surface area contributed by atoms with E-state index in [1.807, 2.05) is 0 Å². The van der Waals surface area contributed by atoms with Gasteiger partial charge in [0.1, 0.15) is 0 Å². The first-order valence-electron chi connectivity index (χ1n) is 3.93. The average Bonchev–Trinajstić information content (AvgIpc) is 1.97. The topological polar surface area (TPSA) is 0 Å². The summed E-state index contributed by atoms with van der Waals surface area (Å²) in [4.78, 5) is 0. The molecule has 1 heteroatoms. The lowest BCUT2D eigenvalue weighted by Crippen LogP contribution is -1.73. The van der Waals surface area contributed by atoms with Gasteiger partial charge in [0.2, 0.25) is 0 Å². The van der Waals surface area contributed by atoms with Crippen LogP contribution in [-0.4, -0.2) is 5.33 Å². The minimum absolute atomic E-state index is 0.820. The first-order valence-corrected chi connectivity index (χ1v) is 5.05. The van der Waals surface area contributed by atoms with Crippen LogP contribution in [0.3, 0.4) is 0 Å². The van der Waals surface area contributed by atoms with E-state index in [1.165, 1.54) is 25.7 Å². The normalized spacial score (nSPS) is 8.60. The minimum Gasteiger partial charge on any atom is -0.102 e. The fourth-order valence-electron chi connectivity index (χ4n) is 0.776. The summed E-state index contributed by atoms with van der Waals surface area (Å²) in [6, 6.07) is 0. The molecule has 10 heavy (non-hydrogen) atoms. The minimum atomic E-state index is 0.820. The second-order valence-electron chi connectivity index (χ2n) is 2.30. The number of alkyl halides is 1. The summed E-state index contributed by atoms with van der Waals surface area (Å²) in [5.74, 6) is 6.09. The van der Waals surface area contributed by atoms with E-state index in [1.54, 1.807) is 0 Å². The van der Waals surface area contributed by atoms with Crippen LogP contribution in [0.2, 0.25) is 0 Å². The third-order valence-electron chi connectivity index (χ3n) is 1.35. The SMILES string of the molecule is CCCCCCC#CCBr. The zero-order chi connectivity index (χ0) is 7.66. The monoisotopic (exact) mass is 202 g/mol. The van der Waals surface area contributed by atoms with Crippen LogP contribution in [0.4, 0.5) is 0 Å². The van der Waals surface area contributed by atoms with Crippen LogP contribution in [0.1, 0.15) is 39.0 Å². The van der Waals surface area contributed by atoms with E-state index >= 15 is 0 Å². The molecule has 0 aromatic heterocycles. The van der Waals surface area contributed by atoms with Gasteiger partial charge in [-0.3, -0.25) is 0 Å². The summed E-state index contributed by atoms with van der Waals surface area (Å²) in [6.07, 6.45) is 6.36. The van der Waals surface area contributed by atoms with E-state index < -0.39 is 0 Å². The first-order chi connectivity index (χ1) is 4.91. The van der Waals surface area contributed by atoms with Crippen molar-refractivity contribution in [3.8, 4) is 11.8 Å². The molecule has 0 radical (unpaired) electrons. The molecule has 0 amide bonds. The Labute approximate surface area is 72.5 Å². The van der Waals surface area contributed by atoms with Gasteiger partial charge >= 0.3 is 0 Å². The van der Waals surface area contributed by atoms with Gasteiger partial charge in [0.05, 0.1) is 5.33 Å². The Morgan fingerprint density at radius 3 is 2.50 bits per heavy atom. The summed E-state index contributed by atoms with van der Waals surface area (Å²) in [5.41, 5.74) is 0. The maximum atomic E-state index is 3.26. The molecule has 0 aliphatic rings. The third kappa shape index (κ3) is 8.04. The van der Waals surface area contributed by atoms with Gasteiger partial charge in [-0.1, -0.05) is 48.0 Å². The molecule has 0 aromatic rings. The molecule has 0 aliphatic heterocycles. The van der Waals surface area contributed by atoms with E-state index in [2.05, 4.69) is 34.7 Å². The van der Waals surface area contributed by atoms with Gasteiger partial charge < -0.3 is 0 Å². The Morgan fingerprint density at radius 1 is 1.10 bits per heavy atom. The van der Waals surface area contributed by atoms with Crippen molar-refractivity contribution in [3.63, 3.8) is 0 Å². The van der Waals surface area contributed by atoms with Crippen LogP contribution in [-0.2, 0) is 0 Å². The molecule has 0 aromatic carbocycles. The predicted molar refractivity (Wildman–Crippen MR) is 50.3 cm³/mol. The van der Waals surface area contributed by atoms with Crippen LogP contribution in [0.15, 0.2) is 0 Å². The third-order valence-corrected chi connectivity index (χ3v) is 1.63. The molecule has 0 unspecified atom stereocenters. The van der Waals surface area contributed by atoms with Crippen molar-refractivity contribution >= 4 is 15.9 Å².